The van der Waals surface area contributed by atoms with Gasteiger partial charge in [-0.3, -0.25) is 4.79 Å². The summed E-state index contributed by atoms with van der Waals surface area (Å²) < 4.78 is 10.5. The quantitative estimate of drug-likeness (QED) is 0.595. The zero-order valence-electron chi connectivity index (χ0n) is 11.2. The zero-order valence-corrected chi connectivity index (χ0v) is 11.2. The second-order valence-corrected chi connectivity index (χ2v) is 3.89. The van der Waals surface area contributed by atoms with Crippen molar-refractivity contribution in [3.8, 4) is 0 Å². The second kappa shape index (κ2) is 6.19. The minimum Gasteiger partial charge on any atom is -0.462 e. The van der Waals surface area contributed by atoms with Crippen LogP contribution in [0.1, 0.15) is 48.2 Å². The van der Waals surface area contributed by atoms with Crippen molar-refractivity contribution < 1.29 is 18.7 Å². The minimum absolute atomic E-state index is 0.0659. The molecule has 4 nitrogen and oxygen atoms in total. The first-order valence-electron chi connectivity index (χ1n) is 5.99. The largest absolute Gasteiger partial charge is 0.462 e. The van der Waals surface area contributed by atoms with Crippen LogP contribution in [0.4, 0.5) is 0 Å². The Morgan fingerprint density at radius 1 is 1.33 bits per heavy atom. The highest BCUT2D eigenvalue weighted by Gasteiger charge is 2.21. The van der Waals surface area contributed by atoms with E-state index in [0.29, 0.717) is 30.1 Å². The molecule has 18 heavy (non-hydrogen) atoms. The van der Waals surface area contributed by atoms with E-state index >= 15 is 0 Å². The van der Waals surface area contributed by atoms with E-state index < -0.39 is 0 Å². The average Bonchev–Trinajstić information content (AvgIpc) is 2.62. The van der Waals surface area contributed by atoms with Crippen molar-refractivity contribution in [1.82, 2.24) is 0 Å². The molecule has 0 aliphatic rings. The Hall–Kier alpha value is -1.84. The summed E-state index contributed by atoms with van der Waals surface area (Å²) in [5.74, 6) is 0.628. The van der Waals surface area contributed by atoms with Gasteiger partial charge in [0.2, 0.25) is 0 Å². The summed E-state index contributed by atoms with van der Waals surface area (Å²) in [4.78, 5) is 22.7. The molecule has 0 spiro atoms. The molecule has 0 saturated heterocycles. The van der Waals surface area contributed by atoms with Gasteiger partial charge in [-0.05, 0) is 39.3 Å². The average molecular weight is 250 g/mol. The number of carbonyl (C=O) groups is 2. The van der Waals surface area contributed by atoms with Crippen molar-refractivity contribution in [2.75, 3.05) is 6.61 Å². The Labute approximate surface area is 107 Å². The van der Waals surface area contributed by atoms with Crippen LogP contribution in [-0.4, -0.2) is 18.4 Å². The van der Waals surface area contributed by atoms with Gasteiger partial charge in [-0.2, -0.15) is 0 Å². The second-order valence-electron chi connectivity index (χ2n) is 3.89. The fourth-order valence-electron chi connectivity index (χ4n) is 1.76. The zero-order chi connectivity index (χ0) is 13.7. The molecule has 98 valence electrons. The van der Waals surface area contributed by atoms with Crippen LogP contribution < -0.4 is 0 Å². The number of carbonyl (C=O) groups excluding carboxylic acids is 2. The predicted molar refractivity (Wildman–Crippen MR) is 68.5 cm³/mol. The summed E-state index contributed by atoms with van der Waals surface area (Å²) in [7, 11) is 0. The topological polar surface area (TPSA) is 56.5 Å². The summed E-state index contributed by atoms with van der Waals surface area (Å²) in [6.07, 6.45) is 3.66. The van der Waals surface area contributed by atoms with Crippen molar-refractivity contribution in [3.63, 3.8) is 0 Å². The van der Waals surface area contributed by atoms with Gasteiger partial charge >= 0.3 is 5.97 Å². The molecule has 0 amide bonds. The van der Waals surface area contributed by atoms with Gasteiger partial charge < -0.3 is 9.15 Å². The first-order chi connectivity index (χ1) is 8.51. The Kier molecular flexibility index (Phi) is 4.89. The molecule has 0 aliphatic heterocycles. The maximum atomic E-state index is 11.8. The van der Waals surface area contributed by atoms with Gasteiger partial charge in [-0.15, -0.1) is 0 Å². The van der Waals surface area contributed by atoms with Crippen LogP contribution in [-0.2, 0) is 16.0 Å². The molecule has 1 aromatic rings. The molecule has 0 N–H and O–H groups in total. The third kappa shape index (κ3) is 3.09. The Morgan fingerprint density at radius 3 is 2.50 bits per heavy atom. The van der Waals surface area contributed by atoms with Crippen LogP contribution in [0.2, 0.25) is 0 Å². The summed E-state index contributed by atoms with van der Waals surface area (Å²) >= 11 is 0. The first-order valence-corrected chi connectivity index (χ1v) is 5.99. The summed E-state index contributed by atoms with van der Waals surface area (Å²) in [6, 6.07) is 0. The van der Waals surface area contributed by atoms with E-state index in [-0.39, 0.29) is 11.8 Å². The Balaban J connectivity index is 3.20. The van der Waals surface area contributed by atoms with Crippen molar-refractivity contribution >= 4 is 17.8 Å². The fraction of sp³-hybridized carbons (Fsp3) is 0.429. The molecule has 1 heterocycles. The highest BCUT2D eigenvalue weighted by molar-refractivity contribution is 5.95. The van der Waals surface area contributed by atoms with Crippen LogP contribution in [0, 0.1) is 6.92 Å². The molecule has 0 bridgehead atoms. The number of esters is 1. The number of allylic oxidation sites excluding steroid dienone is 1. The van der Waals surface area contributed by atoms with E-state index in [1.165, 1.54) is 13.0 Å². The number of hydrogen-bond donors (Lipinski definition) is 0. The van der Waals surface area contributed by atoms with Gasteiger partial charge in [-0.1, -0.05) is 6.92 Å². The smallest absolute Gasteiger partial charge is 0.341 e. The number of hydrogen-bond acceptors (Lipinski definition) is 4. The van der Waals surface area contributed by atoms with Crippen molar-refractivity contribution in [2.45, 2.75) is 34.1 Å². The molecule has 0 saturated carbocycles. The molecule has 0 aromatic carbocycles. The maximum Gasteiger partial charge on any atom is 0.341 e. The molecular formula is C14H18O4. The maximum absolute atomic E-state index is 11.8. The molecule has 0 atom stereocenters. The number of ether oxygens (including phenoxy) is 1. The lowest BCUT2D eigenvalue weighted by Gasteiger charge is -2.02. The van der Waals surface area contributed by atoms with E-state index in [1.54, 1.807) is 19.9 Å². The molecule has 0 unspecified atom stereocenters. The number of furan rings is 1. The van der Waals surface area contributed by atoms with E-state index in [0.717, 1.165) is 5.56 Å². The highest BCUT2D eigenvalue weighted by Crippen LogP contribution is 2.25. The van der Waals surface area contributed by atoms with Crippen LogP contribution in [0.5, 0.6) is 0 Å². The van der Waals surface area contributed by atoms with Crippen LogP contribution in [0.25, 0.3) is 6.08 Å². The van der Waals surface area contributed by atoms with Crippen LogP contribution in [0.3, 0.4) is 0 Å². The van der Waals surface area contributed by atoms with Gasteiger partial charge in [0.05, 0.1) is 6.61 Å². The number of ketones is 1. The fourth-order valence-corrected chi connectivity index (χ4v) is 1.76. The van der Waals surface area contributed by atoms with Gasteiger partial charge in [0, 0.05) is 5.56 Å². The Bertz CT molecular complexity index is 480. The van der Waals surface area contributed by atoms with Crippen LogP contribution >= 0.6 is 0 Å². The third-order valence-electron chi connectivity index (χ3n) is 2.52. The summed E-state index contributed by atoms with van der Waals surface area (Å²) in [5.41, 5.74) is 1.26. The molecule has 1 aromatic heterocycles. The molecule has 0 fully saturated rings. The summed E-state index contributed by atoms with van der Waals surface area (Å²) in [5, 5.41) is 0. The van der Waals surface area contributed by atoms with E-state index in [9.17, 15) is 9.59 Å². The van der Waals surface area contributed by atoms with Crippen molar-refractivity contribution in [3.05, 3.63) is 28.7 Å². The lowest BCUT2D eigenvalue weighted by molar-refractivity contribution is -0.112. The third-order valence-corrected chi connectivity index (χ3v) is 2.52. The first kappa shape index (κ1) is 14.2. The highest BCUT2D eigenvalue weighted by atomic mass is 16.5. The predicted octanol–water partition coefficient (Wildman–Crippen LogP) is 2.93. The lowest BCUT2D eigenvalue weighted by atomic mass is 10.1. The number of rotatable bonds is 5. The minimum atomic E-state index is -0.377. The van der Waals surface area contributed by atoms with Gasteiger partial charge in [0.15, 0.2) is 5.78 Å². The molecular weight excluding hydrogens is 232 g/mol. The molecule has 1 rings (SSSR count). The van der Waals surface area contributed by atoms with E-state index in [2.05, 4.69) is 0 Å². The van der Waals surface area contributed by atoms with E-state index in [4.69, 9.17) is 9.15 Å². The lowest BCUT2D eigenvalue weighted by Crippen LogP contribution is -2.07. The van der Waals surface area contributed by atoms with Crippen molar-refractivity contribution in [2.24, 2.45) is 0 Å². The molecule has 4 heteroatoms. The van der Waals surface area contributed by atoms with E-state index in [1.807, 2.05) is 6.92 Å². The van der Waals surface area contributed by atoms with Crippen molar-refractivity contribution in [1.29, 1.82) is 0 Å². The summed E-state index contributed by atoms with van der Waals surface area (Å²) in [6.45, 7) is 7.19. The van der Waals surface area contributed by atoms with Gasteiger partial charge in [0.1, 0.15) is 17.1 Å². The Morgan fingerprint density at radius 2 is 2.00 bits per heavy atom. The van der Waals surface area contributed by atoms with Gasteiger partial charge in [-0.25, -0.2) is 4.79 Å². The monoisotopic (exact) mass is 250 g/mol. The number of aryl methyl sites for hydroxylation is 1. The van der Waals surface area contributed by atoms with Gasteiger partial charge in [0.25, 0.3) is 0 Å². The SMILES string of the molecule is CCOC(=O)c1c(C)oc(/C=C/C(C)=O)c1CC. The molecule has 0 aliphatic carbocycles. The van der Waals surface area contributed by atoms with Crippen LogP contribution in [0.15, 0.2) is 10.5 Å². The standard InChI is InChI=1S/C14H18O4/c1-5-11-12(8-7-9(3)15)18-10(4)13(11)14(16)17-6-2/h7-8H,5-6H2,1-4H3/b8-7+. The molecule has 0 radical (unpaired) electrons. The normalized spacial score (nSPS) is 10.9.